The molecular weight excluding hydrogens is 300 g/mol. The SMILES string of the molecule is CCC(C)C(N)C(=O)NCc1ccc(-n2cccn2)cc1.Cl. The average Bonchev–Trinajstić information content (AvgIpc) is 3.06. The smallest absolute Gasteiger partial charge is 0.237 e. The van der Waals surface area contributed by atoms with Gasteiger partial charge in [0, 0.05) is 18.9 Å². The van der Waals surface area contributed by atoms with Gasteiger partial charge in [0.05, 0.1) is 11.7 Å². The van der Waals surface area contributed by atoms with Gasteiger partial charge >= 0.3 is 0 Å². The highest BCUT2D eigenvalue weighted by Gasteiger charge is 2.18. The monoisotopic (exact) mass is 322 g/mol. The van der Waals surface area contributed by atoms with Crippen LogP contribution in [-0.4, -0.2) is 21.7 Å². The van der Waals surface area contributed by atoms with Gasteiger partial charge in [-0.15, -0.1) is 12.4 Å². The molecule has 0 aliphatic rings. The van der Waals surface area contributed by atoms with E-state index in [1.165, 1.54) is 0 Å². The third-order valence-corrected chi connectivity index (χ3v) is 3.73. The lowest BCUT2D eigenvalue weighted by molar-refractivity contribution is -0.123. The maximum absolute atomic E-state index is 11.9. The molecule has 1 aromatic heterocycles. The molecule has 0 bridgehead atoms. The maximum Gasteiger partial charge on any atom is 0.237 e. The molecule has 2 unspecified atom stereocenters. The number of aromatic nitrogens is 2. The second-order valence-corrected chi connectivity index (χ2v) is 5.25. The summed E-state index contributed by atoms with van der Waals surface area (Å²) in [4.78, 5) is 11.9. The molecule has 1 heterocycles. The van der Waals surface area contributed by atoms with Crippen LogP contribution in [0.5, 0.6) is 0 Å². The van der Waals surface area contributed by atoms with E-state index in [4.69, 9.17) is 5.73 Å². The molecule has 5 nitrogen and oxygen atoms in total. The summed E-state index contributed by atoms with van der Waals surface area (Å²) in [5.74, 6) is 0.0905. The zero-order valence-electron chi connectivity index (χ0n) is 12.9. The predicted octanol–water partition coefficient (Wildman–Crippen LogP) is 2.28. The number of carbonyl (C=O) groups is 1. The van der Waals surface area contributed by atoms with Gasteiger partial charge in [-0.2, -0.15) is 5.10 Å². The molecule has 3 N–H and O–H groups in total. The van der Waals surface area contributed by atoms with Crippen LogP contribution in [0.2, 0.25) is 0 Å². The Bertz CT molecular complexity index is 568. The normalized spacial score (nSPS) is 13.0. The van der Waals surface area contributed by atoms with Crippen molar-refractivity contribution < 1.29 is 4.79 Å². The van der Waals surface area contributed by atoms with E-state index in [1.54, 1.807) is 10.9 Å². The molecule has 22 heavy (non-hydrogen) atoms. The molecule has 120 valence electrons. The van der Waals surface area contributed by atoms with Gasteiger partial charge in [0.2, 0.25) is 5.91 Å². The molecule has 0 saturated heterocycles. The van der Waals surface area contributed by atoms with E-state index >= 15 is 0 Å². The summed E-state index contributed by atoms with van der Waals surface area (Å²) in [5, 5.41) is 7.05. The van der Waals surface area contributed by atoms with E-state index < -0.39 is 6.04 Å². The molecule has 2 rings (SSSR count). The number of nitrogens with one attached hydrogen (secondary N) is 1. The van der Waals surface area contributed by atoms with Crippen LogP contribution in [0, 0.1) is 5.92 Å². The Balaban J connectivity index is 0.00000242. The van der Waals surface area contributed by atoms with Crippen molar-refractivity contribution in [1.29, 1.82) is 0 Å². The Kier molecular flexibility index (Phi) is 7.08. The lowest BCUT2D eigenvalue weighted by Crippen LogP contribution is -2.44. The van der Waals surface area contributed by atoms with Crippen molar-refractivity contribution in [3.05, 3.63) is 48.3 Å². The highest BCUT2D eigenvalue weighted by molar-refractivity contribution is 5.85. The quantitative estimate of drug-likeness (QED) is 0.857. The van der Waals surface area contributed by atoms with Crippen LogP contribution in [0.15, 0.2) is 42.7 Å². The summed E-state index contributed by atoms with van der Waals surface area (Å²) in [6.45, 7) is 4.51. The maximum atomic E-state index is 11.9. The third-order valence-electron chi connectivity index (χ3n) is 3.73. The standard InChI is InChI=1S/C16H22N4O.ClH/c1-3-12(2)15(17)16(21)18-11-13-5-7-14(8-6-13)20-10-4-9-19-20;/h4-10,12,15H,3,11,17H2,1-2H3,(H,18,21);1H. The van der Waals surface area contributed by atoms with Crippen LogP contribution in [0.25, 0.3) is 5.69 Å². The number of amides is 1. The van der Waals surface area contributed by atoms with E-state index in [-0.39, 0.29) is 24.2 Å². The fourth-order valence-electron chi connectivity index (χ4n) is 2.01. The van der Waals surface area contributed by atoms with Gasteiger partial charge in [-0.05, 0) is 29.7 Å². The van der Waals surface area contributed by atoms with Crippen molar-refractivity contribution in [3.8, 4) is 5.69 Å². The van der Waals surface area contributed by atoms with Crippen molar-refractivity contribution in [2.75, 3.05) is 0 Å². The molecule has 0 spiro atoms. The van der Waals surface area contributed by atoms with Crippen molar-refractivity contribution in [2.45, 2.75) is 32.9 Å². The van der Waals surface area contributed by atoms with Gasteiger partial charge in [-0.1, -0.05) is 32.4 Å². The molecule has 0 radical (unpaired) electrons. The largest absolute Gasteiger partial charge is 0.351 e. The number of hydrogen-bond donors (Lipinski definition) is 2. The summed E-state index contributed by atoms with van der Waals surface area (Å²) in [5.41, 5.74) is 7.93. The van der Waals surface area contributed by atoms with Gasteiger partial charge in [0.15, 0.2) is 0 Å². The summed E-state index contributed by atoms with van der Waals surface area (Å²) in [7, 11) is 0. The van der Waals surface area contributed by atoms with Crippen LogP contribution in [0.1, 0.15) is 25.8 Å². The fourth-order valence-corrected chi connectivity index (χ4v) is 2.01. The van der Waals surface area contributed by atoms with Gasteiger partial charge in [0.1, 0.15) is 0 Å². The lowest BCUT2D eigenvalue weighted by Gasteiger charge is -2.17. The van der Waals surface area contributed by atoms with E-state index in [1.807, 2.05) is 50.4 Å². The first-order chi connectivity index (χ1) is 10.1. The second kappa shape index (κ2) is 8.56. The molecule has 1 amide bonds. The topological polar surface area (TPSA) is 72.9 Å². The van der Waals surface area contributed by atoms with E-state index in [9.17, 15) is 4.79 Å². The molecule has 1 aromatic carbocycles. The number of benzene rings is 1. The summed E-state index contributed by atoms with van der Waals surface area (Å²) in [6.07, 6.45) is 4.53. The zero-order chi connectivity index (χ0) is 15.2. The van der Waals surface area contributed by atoms with Gasteiger partial charge in [-0.3, -0.25) is 4.79 Å². The molecule has 0 saturated carbocycles. The molecule has 0 fully saturated rings. The molecular formula is C16H23ClN4O. The number of halogens is 1. The molecule has 2 aromatic rings. The Morgan fingerprint density at radius 1 is 1.36 bits per heavy atom. The summed E-state index contributed by atoms with van der Waals surface area (Å²) >= 11 is 0. The van der Waals surface area contributed by atoms with E-state index in [0.29, 0.717) is 6.54 Å². The molecule has 0 aliphatic carbocycles. The number of rotatable bonds is 6. The van der Waals surface area contributed by atoms with Crippen molar-refractivity contribution in [1.82, 2.24) is 15.1 Å². The Hall–Kier alpha value is -1.85. The summed E-state index contributed by atoms with van der Waals surface area (Å²) < 4.78 is 1.79. The van der Waals surface area contributed by atoms with E-state index in [0.717, 1.165) is 17.7 Å². The highest BCUT2D eigenvalue weighted by Crippen LogP contribution is 2.09. The van der Waals surface area contributed by atoms with E-state index in [2.05, 4.69) is 10.4 Å². The first-order valence-electron chi connectivity index (χ1n) is 7.24. The predicted molar refractivity (Wildman–Crippen MR) is 90.1 cm³/mol. The van der Waals surface area contributed by atoms with Gasteiger partial charge in [0.25, 0.3) is 0 Å². The number of hydrogen-bond acceptors (Lipinski definition) is 3. The Labute approximate surface area is 137 Å². The average molecular weight is 323 g/mol. The second-order valence-electron chi connectivity index (χ2n) is 5.25. The first-order valence-corrected chi connectivity index (χ1v) is 7.24. The van der Waals surface area contributed by atoms with Crippen LogP contribution in [-0.2, 0) is 11.3 Å². The van der Waals surface area contributed by atoms with Crippen LogP contribution in [0.3, 0.4) is 0 Å². The minimum atomic E-state index is -0.446. The van der Waals surface area contributed by atoms with Crippen LogP contribution >= 0.6 is 12.4 Å². The Morgan fingerprint density at radius 2 is 2.05 bits per heavy atom. The Morgan fingerprint density at radius 3 is 2.59 bits per heavy atom. The number of nitrogens with zero attached hydrogens (tertiary/aromatic N) is 2. The molecule has 0 aliphatic heterocycles. The third kappa shape index (κ3) is 4.58. The highest BCUT2D eigenvalue weighted by atomic mass is 35.5. The van der Waals surface area contributed by atoms with Crippen molar-refractivity contribution in [2.24, 2.45) is 11.7 Å². The van der Waals surface area contributed by atoms with Crippen molar-refractivity contribution >= 4 is 18.3 Å². The molecule has 6 heteroatoms. The van der Waals surface area contributed by atoms with Crippen LogP contribution < -0.4 is 11.1 Å². The van der Waals surface area contributed by atoms with Gasteiger partial charge < -0.3 is 11.1 Å². The minimum absolute atomic E-state index is 0. The van der Waals surface area contributed by atoms with Crippen LogP contribution in [0.4, 0.5) is 0 Å². The minimum Gasteiger partial charge on any atom is -0.351 e. The van der Waals surface area contributed by atoms with Gasteiger partial charge in [-0.25, -0.2) is 4.68 Å². The summed E-state index contributed by atoms with van der Waals surface area (Å²) in [6, 6.07) is 9.34. The first kappa shape index (κ1) is 18.2. The zero-order valence-corrected chi connectivity index (χ0v) is 13.7. The molecule has 2 atom stereocenters. The number of carbonyl (C=O) groups excluding carboxylic acids is 1. The van der Waals surface area contributed by atoms with Crippen molar-refractivity contribution in [3.63, 3.8) is 0 Å². The number of nitrogens with two attached hydrogens (primary N) is 1. The lowest BCUT2D eigenvalue weighted by atomic mass is 9.99. The fraction of sp³-hybridized carbons (Fsp3) is 0.375.